The lowest BCUT2D eigenvalue weighted by Gasteiger charge is -2.28. The van der Waals surface area contributed by atoms with Crippen LogP contribution in [0.4, 0.5) is 10.5 Å². The van der Waals surface area contributed by atoms with Crippen molar-refractivity contribution >= 4 is 51.4 Å². The highest BCUT2D eigenvalue weighted by Gasteiger charge is 2.32. The third-order valence-electron chi connectivity index (χ3n) is 6.68. The Morgan fingerprint density at radius 1 is 1.19 bits per heavy atom. The molecule has 0 unspecified atom stereocenters. The van der Waals surface area contributed by atoms with E-state index in [2.05, 4.69) is 37.1 Å². The largest absolute Gasteiger partial charge is 0.490 e. The highest BCUT2D eigenvalue weighted by Crippen LogP contribution is 2.37. The Morgan fingerprint density at radius 3 is 2.66 bits per heavy atom. The topological polar surface area (TPSA) is 183 Å². The van der Waals surface area contributed by atoms with Gasteiger partial charge < -0.3 is 34.7 Å². The lowest BCUT2D eigenvalue weighted by Crippen LogP contribution is -2.45. The van der Waals surface area contributed by atoms with Crippen LogP contribution in [0.2, 0.25) is 5.02 Å². The number of esters is 1. The number of aliphatic hydroxyl groups is 1. The van der Waals surface area contributed by atoms with E-state index in [1.165, 1.54) is 19.4 Å². The Balaban J connectivity index is 1.41. The van der Waals surface area contributed by atoms with Crippen LogP contribution in [0.15, 0.2) is 75.4 Å². The normalized spacial score (nSPS) is 15.0. The first-order chi connectivity index (χ1) is 22.5. The van der Waals surface area contributed by atoms with Gasteiger partial charge >= 0.3 is 17.7 Å². The van der Waals surface area contributed by atoms with Crippen molar-refractivity contribution in [3.8, 4) is 17.2 Å². The first kappa shape index (κ1) is 35.0. The minimum atomic E-state index is -1.28. The van der Waals surface area contributed by atoms with E-state index in [0.29, 0.717) is 37.6 Å². The lowest BCUT2D eigenvalue weighted by atomic mass is 9.95. The predicted octanol–water partition coefficient (Wildman–Crippen LogP) is 5.11. The smallest absolute Gasteiger partial charge is 0.337 e. The molecule has 4 rings (SSSR count). The van der Waals surface area contributed by atoms with E-state index in [1.54, 1.807) is 62.4 Å². The molecule has 1 heterocycles. The van der Waals surface area contributed by atoms with Gasteiger partial charge in [-0.05, 0) is 59.6 Å². The zero-order valence-corrected chi connectivity index (χ0v) is 27.8. The summed E-state index contributed by atoms with van der Waals surface area (Å²) >= 11 is 9.49. The van der Waals surface area contributed by atoms with Gasteiger partial charge in [0.25, 0.3) is 0 Å². The number of carbonyl (C=O) groups is 2. The molecule has 47 heavy (non-hydrogen) atoms. The molecule has 2 amide bonds. The number of nitrogens with zero attached hydrogens (tertiary/aromatic N) is 2. The van der Waals surface area contributed by atoms with Gasteiger partial charge in [0.1, 0.15) is 13.2 Å². The van der Waals surface area contributed by atoms with Crippen LogP contribution in [0, 0.1) is 10.1 Å². The van der Waals surface area contributed by atoms with Gasteiger partial charge in [-0.2, -0.15) is 5.10 Å². The molecule has 0 saturated heterocycles. The van der Waals surface area contributed by atoms with Gasteiger partial charge in [-0.3, -0.25) is 15.5 Å². The Bertz CT molecular complexity index is 1720. The molecule has 0 bridgehead atoms. The van der Waals surface area contributed by atoms with Crippen LogP contribution in [-0.4, -0.2) is 54.8 Å². The van der Waals surface area contributed by atoms with Crippen molar-refractivity contribution in [2.45, 2.75) is 32.7 Å². The lowest BCUT2D eigenvalue weighted by molar-refractivity contribution is -0.386. The van der Waals surface area contributed by atoms with Crippen molar-refractivity contribution in [3.63, 3.8) is 0 Å². The molecule has 16 heteroatoms. The van der Waals surface area contributed by atoms with Crippen molar-refractivity contribution < 1.29 is 38.6 Å². The number of hydrogen-bond donors (Lipinski definition) is 4. The molecule has 248 valence electrons. The fourth-order valence-electron chi connectivity index (χ4n) is 4.54. The number of nitro groups is 1. The molecule has 0 spiro atoms. The summed E-state index contributed by atoms with van der Waals surface area (Å²) < 4.78 is 22.4. The average molecular weight is 733 g/mol. The third-order valence-corrected chi connectivity index (χ3v) is 7.64. The zero-order valence-electron chi connectivity index (χ0n) is 25.4. The van der Waals surface area contributed by atoms with E-state index in [1.807, 2.05) is 0 Å². The molecule has 14 nitrogen and oxygen atoms in total. The van der Waals surface area contributed by atoms with Crippen LogP contribution < -0.4 is 30.3 Å². The summed E-state index contributed by atoms with van der Waals surface area (Å²) in [6.07, 6.45) is 0.0123. The second kappa shape index (κ2) is 16.1. The molecule has 3 aromatic carbocycles. The summed E-state index contributed by atoms with van der Waals surface area (Å²) in [5.74, 6) is 0.0183. The minimum absolute atomic E-state index is 0.0217. The number of nitrogens with one attached hydrogen (secondary N) is 3. The number of nitro benzene ring substituents is 1. The van der Waals surface area contributed by atoms with Crippen LogP contribution in [0.25, 0.3) is 0 Å². The van der Waals surface area contributed by atoms with Gasteiger partial charge in [0.2, 0.25) is 5.75 Å². The Morgan fingerprint density at radius 2 is 1.96 bits per heavy atom. The van der Waals surface area contributed by atoms with Crippen LogP contribution in [0.5, 0.6) is 17.2 Å². The standard InChI is InChI=1S/C31H31BrClN5O9/c1-4-45-25-13-19(28-27(30(40)44-3)17(2)35-31(41)36-28)9-10-24(25)46-16-26(39)37-34-14-18-11-21(32)29(23(12-18)38(42)43)47-15-20-7-5-6-8-22(20)33/h5-14,26,28,37,39H,4,15-16H2,1-3H3,(H2,35,36,41)/b34-14+/t26-,28-/m0/s1. The van der Waals surface area contributed by atoms with Crippen molar-refractivity contribution in [1.82, 2.24) is 16.1 Å². The van der Waals surface area contributed by atoms with E-state index in [9.17, 15) is 24.8 Å². The molecular weight excluding hydrogens is 702 g/mol. The highest BCUT2D eigenvalue weighted by molar-refractivity contribution is 9.10. The number of rotatable bonds is 14. The molecule has 0 aromatic heterocycles. The van der Waals surface area contributed by atoms with Gasteiger partial charge in [-0.15, -0.1) is 0 Å². The number of hydrazone groups is 1. The van der Waals surface area contributed by atoms with Crippen LogP contribution in [-0.2, 0) is 16.1 Å². The Hall–Kier alpha value is -4.86. The molecule has 2 atom stereocenters. The molecule has 3 aromatic rings. The Labute approximate surface area is 283 Å². The summed E-state index contributed by atoms with van der Waals surface area (Å²) in [7, 11) is 1.25. The summed E-state index contributed by atoms with van der Waals surface area (Å²) in [6.45, 7) is 3.43. The van der Waals surface area contributed by atoms with Gasteiger partial charge in [-0.25, -0.2) is 9.59 Å². The monoisotopic (exact) mass is 731 g/mol. The second-order valence-electron chi connectivity index (χ2n) is 9.90. The zero-order chi connectivity index (χ0) is 34.1. The fraction of sp³-hybridized carbons (Fsp3) is 0.258. The first-order valence-electron chi connectivity index (χ1n) is 14.1. The molecule has 0 saturated carbocycles. The number of ether oxygens (including phenoxy) is 4. The number of halogens is 2. The number of carbonyl (C=O) groups excluding carboxylic acids is 2. The third kappa shape index (κ3) is 8.90. The van der Waals surface area contributed by atoms with Crippen LogP contribution >= 0.6 is 27.5 Å². The number of methoxy groups -OCH3 is 1. The van der Waals surface area contributed by atoms with Crippen molar-refractivity contribution in [3.05, 3.63) is 102 Å². The minimum Gasteiger partial charge on any atom is -0.490 e. The van der Waals surface area contributed by atoms with E-state index in [-0.39, 0.29) is 42.6 Å². The maximum Gasteiger partial charge on any atom is 0.337 e. The van der Waals surface area contributed by atoms with Gasteiger partial charge in [0.15, 0.2) is 17.7 Å². The summed E-state index contributed by atoms with van der Waals surface area (Å²) in [4.78, 5) is 35.8. The quantitative estimate of drug-likeness (QED) is 0.0572. The molecular formula is C31H31BrClN5O9. The molecule has 4 N–H and O–H groups in total. The molecule has 0 radical (unpaired) electrons. The average Bonchev–Trinajstić information content (AvgIpc) is 3.03. The number of hydrogen-bond acceptors (Lipinski definition) is 11. The van der Waals surface area contributed by atoms with Crippen LogP contribution in [0.1, 0.15) is 36.6 Å². The fourth-order valence-corrected chi connectivity index (χ4v) is 5.31. The molecule has 0 fully saturated rings. The summed E-state index contributed by atoms with van der Waals surface area (Å²) in [5, 5.41) is 32.0. The first-order valence-corrected chi connectivity index (χ1v) is 15.3. The highest BCUT2D eigenvalue weighted by atomic mass is 79.9. The maximum atomic E-state index is 12.4. The van der Waals surface area contributed by atoms with Gasteiger partial charge in [0, 0.05) is 27.9 Å². The number of amides is 2. The maximum absolute atomic E-state index is 12.4. The second-order valence-corrected chi connectivity index (χ2v) is 11.2. The number of urea groups is 1. The van der Waals surface area contributed by atoms with E-state index in [0.717, 1.165) is 0 Å². The SMILES string of the molecule is CCOc1cc([C@@H]2NC(=O)NC(C)=C2C(=O)OC)ccc1OC[C@H](O)N/N=C/c1cc(Br)c(OCc2ccccc2Cl)c([N+](=O)[O-])c1. The Kier molecular flexibility index (Phi) is 12.0. The number of benzene rings is 3. The molecule has 1 aliphatic rings. The van der Waals surface area contributed by atoms with E-state index in [4.69, 9.17) is 30.5 Å². The van der Waals surface area contributed by atoms with Gasteiger partial charge in [-0.1, -0.05) is 35.9 Å². The molecule has 0 aliphatic carbocycles. The number of aliphatic hydroxyl groups excluding tert-OH is 1. The van der Waals surface area contributed by atoms with E-state index >= 15 is 0 Å². The van der Waals surface area contributed by atoms with Crippen molar-refractivity contribution in [1.29, 1.82) is 0 Å². The van der Waals surface area contributed by atoms with Crippen LogP contribution in [0.3, 0.4) is 0 Å². The number of allylic oxidation sites excluding steroid dienone is 1. The van der Waals surface area contributed by atoms with E-state index < -0.39 is 29.2 Å². The van der Waals surface area contributed by atoms with Crippen molar-refractivity contribution in [2.75, 3.05) is 20.3 Å². The summed E-state index contributed by atoms with van der Waals surface area (Å²) in [6, 6.07) is 13.4. The summed E-state index contributed by atoms with van der Waals surface area (Å²) in [5.41, 5.74) is 4.36. The molecule has 1 aliphatic heterocycles. The predicted molar refractivity (Wildman–Crippen MR) is 176 cm³/mol. The van der Waals surface area contributed by atoms with Gasteiger partial charge in [0.05, 0.1) is 40.9 Å². The van der Waals surface area contributed by atoms with Crippen molar-refractivity contribution in [2.24, 2.45) is 5.10 Å².